The Labute approximate surface area is 119 Å². The molecule has 0 radical (unpaired) electrons. The van der Waals surface area contributed by atoms with Crippen LogP contribution >= 0.6 is 0 Å². The quantitative estimate of drug-likeness (QED) is 0.854. The van der Waals surface area contributed by atoms with Gasteiger partial charge in [0.2, 0.25) is 11.8 Å². The van der Waals surface area contributed by atoms with Crippen molar-refractivity contribution in [3.63, 3.8) is 0 Å². The van der Waals surface area contributed by atoms with Crippen molar-refractivity contribution in [3.8, 4) is 0 Å². The Hall–Kier alpha value is -1.13. The van der Waals surface area contributed by atoms with Crippen LogP contribution in [0, 0.1) is 5.92 Å². The molecule has 3 rings (SSSR count). The molecule has 2 amide bonds. The monoisotopic (exact) mass is 282 g/mol. The van der Waals surface area contributed by atoms with Crippen molar-refractivity contribution < 1.29 is 14.0 Å². The van der Waals surface area contributed by atoms with Crippen LogP contribution in [0.15, 0.2) is 0 Å². The first-order valence-electron chi connectivity index (χ1n) is 7.87. The zero-order valence-electron chi connectivity index (χ0n) is 11.9. The van der Waals surface area contributed by atoms with E-state index in [2.05, 4.69) is 5.32 Å². The van der Waals surface area contributed by atoms with E-state index in [1.165, 1.54) is 0 Å². The fourth-order valence-electron chi connectivity index (χ4n) is 3.76. The smallest absolute Gasteiger partial charge is 0.246 e. The van der Waals surface area contributed by atoms with Gasteiger partial charge in [0.1, 0.15) is 11.6 Å². The molecule has 3 fully saturated rings. The van der Waals surface area contributed by atoms with Gasteiger partial charge in [-0.15, -0.1) is 0 Å². The molecule has 0 aromatic carbocycles. The number of nitrogens with zero attached hydrogens (tertiary/aromatic N) is 1. The number of amides is 2. The van der Waals surface area contributed by atoms with E-state index in [0.717, 1.165) is 44.9 Å². The number of hydrogen-bond acceptors (Lipinski definition) is 2. The summed E-state index contributed by atoms with van der Waals surface area (Å²) < 4.78 is 12.6. The fourth-order valence-corrected chi connectivity index (χ4v) is 3.76. The zero-order valence-corrected chi connectivity index (χ0v) is 11.9. The van der Waals surface area contributed by atoms with E-state index in [4.69, 9.17) is 0 Å². The van der Waals surface area contributed by atoms with Gasteiger partial charge in [0, 0.05) is 6.54 Å². The molecule has 2 saturated carbocycles. The van der Waals surface area contributed by atoms with Crippen LogP contribution in [0.1, 0.15) is 51.4 Å². The predicted octanol–water partition coefficient (Wildman–Crippen LogP) is 1.79. The summed E-state index contributed by atoms with van der Waals surface area (Å²) in [5.74, 6) is 0.343. The van der Waals surface area contributed by atoms with E-state index in [-0.39, 0.29) is 17.9 Å². The number of halogens is 1. The van der Waals surface area contributed by atoms with Crippen LogP contribution in [-0.2, 0) is 9.59 Å². The molecule has 4 nitrogen and oxygen atoms in total. The molecule has 1 saturated heterocycles. The molecule has 1 spiro atoms. The minimum Gasteiger partial charge on any atom is -0.342 e. The van der Waals surface area contributed by atoms with E-state index in [1.54, 1.807) is 4.90 Å². The van der Waals surface area contributed by atoms with Gasteiger partial charge in [0.05, 0.1) is 6.67 Å². The van der Waals surface area contributed by atoms with Gasteiger partial charge in [-0.1, -0.05) is 19.3 Å². The second-order valence-corrected chi connectivity index (χ2v) is 6.41. The summed E-state index contributed by atoms with van der Waals surface area (Å²) in [4.78, 5) is 27.1. The van der Waals surface area contributed by atoms with Crippen LogP contribution < -0.4 is 5.32 Å². The molecule has 1 N–H and O–H groups in total. The van der Waals surface area contributed by atoms with E-state index in [9.17, 15) is 14.0 Å². The summed E-state index contributed by atoms with van der Waals surface area (Å²) in [7, 11) is 0. The normalized spacial score (nSPS) is 29.6. The SMILES string of the molecule is O=C1C(C2CC2)NC(=O)C2(CCCCC2)N1CCCF. The van der Waals surface area contributed by atoms with Crippen LogP contribution in [0.5, 0.6) is 0 Å². The van der Waals surface area contributed by atoms with Crippen molar-refractivity contribution >= 4 is 11.8 Å². The van der Waals surface area contributed by atoms with Gasteiger partial charge in [-0.3, -0.25) is 14.0 Å². The summed E-state index contributed by atoms with van der Waals surface area (Å²) in [6.45, 7) is -0.0540. The van der Waals surface area contributed by atoms with Gasteiger partial charge >= 0.3 is 0 Å². The molecule has 1 aliphatic heterocycles. The fraction of sp³-hybridized carbons (Fsp3) is 0.867. The van der Waals surface area contributed by atoms with E-state index in [0.29, 0.717) is 18.9 Å². The van der Waals surface area contributed by atoms with Crippen LogP contribution in [0.2, 0.25) is 0 Å². The van der Waals surface area contributed by atoms with Crippen molar-refractivity contribution in [2.24, 2.45) is 5.92 Å². The van der Waals surface area contributed by atoms with Crippen molar-refractivity contribution in [1.29, 1.82) is 0 Å². The number of hydrogen-bond donors (Lipinski definition) is 1. The maximum absolute atomic E-state index is 12.7. The first kappa shape index (κ1) is 13.8. The molecule has 0 bridgehead atoms. The van der Waals surface area contributed by atoms with Gasteiger partial charge < -0.3 is 10.2 Å². The Morgan fingerprint density at radius 3 is 2.50 bits per heavy atom. The average molecular weight is 282 g/mol. The molecule has 0 aromatic heterocycles. The highest BCUT2D eigenvalue weighted by Crippen LogP contribution is 2.41. The summed E-state index contributed by atoms with van der Waals surface area (Å²) in [5.41, 5.74) is -0.685. The van der Waals surface area contributed by atoms with Crippen LogP contribution in [-0.4, -0.2) is 41.5 Å². The van der Waals surface area contributed by atoms with Crippen molar-refractivity contribution in [3.05, 3.63) is 0 Å². The Balaban J connectivity index is 1.86. The van der Waals surface area contributed by atoms with E-state index in [1.807, 2.05) is 0 Å². The minimum atomic E-state index is -0.685. The summed E-state index contributed by atoms with van der Waals surface area (Å²) in [6, 6.07) is -0.352. The molecule has 5 heteroatoms. The molecule has 3 aliphatic rings. The number of carbonyl (C=O) groups is 2. The third kappa shape index (κ3) is 2.21. The third-order valence-corrected chi connectivity index (χ3v) is 5.05. The average Bonchev–Trinajstić information content (AvgIpc) is 3.29. The zero-order chi connectivity index (χ0) is 14.2. The van der Waals surface area contributed by atoms with Gasteiger partial charge in [0.15, 0.2) is 0 Å². The lowest BCUT2D eigenvalue weighted by atomic mass is 9.77. The second kappa shape index (κ2) is 5.34. The number of rotatable bonds is 4. The highest BCUT2D eigenvalue weighted by molar-refractivity contribution is 6.00. The molecule has 20 heavy (non-hydrogen) atoms. The van der Waals surface area contributed by atoms with Gasteiger partial charge in [-0.2, -0.15) is 0 Å². The minimum absolute atomic E-state index is 0.00700. The first-order valence-corrected chi connectivity index (χ1v) is 7.87. The molecular formula is C15H23FN2O2. The topological polar surface area (TPSA) is 49.4 Å². The number of alkyl halides is 1. The van der Waals surface area contributed by atoms with E-state index >= 15 is 0 Å². The molecule has 112 valence electrons. The summed E-state index contributed by atoms with van der Waals surface area (Å²) >= 11 is 0. The van der Waals surface area contributed by atoms with Gasteiger partial charge in [-0.25, -0.2) is 0 Å². The second-order valence-electron chi connectivity index (χ2n) is 6.41. The molecule has 2 aliphatic carbocycles. The molecule has 1 unspecified atom stereocenters. The summed E-state index contributed by atoms with van der Waals surface area (Å²) in [5, 5.41) is 2.97. The van der Waals surface area contributed by atoms with Crippen LogP contribution in [0.3, 0.4) is 0 Å². The Morgan fingerprint density at radius 1 is 1.20 bits per heavy atom. The molecule has 1 atom stereocenters. The number of nitrogens with one attached hydrogen (secondary N) is 1. The number of carbonyl (C=O) groups excluding carboxylic acids is 2. The van der Waals surface area contributed by atoms with Crippen molar-refractivity contribution in [2.45, 2.75) is 62.9 Å². The molecule has 0 aromatic rings. The maximum atomic E-state index is 12.7. The standard InChI is InChI=1S/C15H23FN2O2/c16-9-4-10-18-13(19)12(11-5-6-11)17-14(20)15(18)7-2-1-3-8-15/h11-12H,1-10H2,(H,17,20). The Bertz CT molecular complexity index is 403. The van der Waals surface area contributed by atoms with Crippen LogP contribution in [0.25, 0.3) is 0 Å². The lowest BCUT2D eigenvalue weighted by Crippen LogP contribution is -2.71. The highest BCUT2D eigenvalue weighted by atomic mass is 19.1. The molecular weight excluding hydrogens is 259 g/mol. The Morgan fingerprint density at radius 2 is 1.90 bits per heavy atom. The molecule has 1 heterocycles. The van der Waals surface area contributed by atoms with Gasteiger partial charge in [0.25, 0.3) is 0 Å². The first-order chi connectivity index (χ1) is 9.69. The largest absolute Gasteiger partial charge is 0.342 e. The predicted molar refractivity (Wildman–Crippen MR) is 72.8 cm³/mol. The Kier molecular flexibility index (Phi) is 3.69. The highest BCUT2D eigenvalue weighted by Gasteiger charge is 2.54. The van der Waals surface area contributed by atoms with E-state index < -0.39 is 12.2 Å². The maximum Gasteiger partial charge on any atom is 0.246 e. The van der Waals surface area contributed by atoms with Crippen LogP contribution in [0.4, 0.5) is 4.39 Å². The van der Waals surface area contributed by atoms with Crippen molar-refractivity contribution in [1.82, 2.24) is 10.2 Å². The lowest BCUT2D eigenvalue weighted by Gasteiger charge is -2.50. The number of piperazine rings is 1. The third-order valence-electron chi connectivity index (χ3n) is 5.05. The summed E-state index contributed by atoms with van der Waals surface area (Å²) in [6.07, 6.45) is 6.88. The lowest BCUT2D eigenvalue weighted by molar-refractivity contribution is -0.160. The van der Waals surface area contributed by atoms with Gasteiger partial charge in [-0.05, 0) is 38.0 Å². The van der Waals surface area contributed by atoms with Crippen molar-refractivity contribution in [2.75, 3.05) is 13.2 Å².